The number of nitrogens with zero attached hydrogens (tertiary/aromatic N) is 5. The summed E-state index contributed by atoms with van der Waals surface area (Å²) < 4.78 is 2.45. The molecule has 55 heavy (non-hydrogen) atoms. The summed E-state index contributed by atoms with van der Waals surface area (Å²) in [6.07, 6.45) is 0. The average molecular weight is 722 g/mol. The van der Waals surface area contributed by atoms with E-state index in [4.69, 9.17) is 24.9 Å². The summed E-state index contributed by atoms with van der Waals surface area (Å²) in [4.78, 5) is 25.0. The Bertz CT molecular complexity index is 2830. The molecule has 0 amide bonds. The molecule has 0 saturated carbocycles. The monoisotopic (exact) mass is 721 g/mol. The molecule has 0 bridgehead atoms. The molecule has 0 atom stereocenters. The molecule has 0 fully saturated rings. The van der Waals surface area contributed by atoms with Crippen molar-refractivity contribution < 1.29 is 0 Å². The van der Waals surface area contributed by atoms with Crippen LogP contribution in [-0.2, 0) is 0 Å². The normalized spacial score (nSPS) is 11.3. The molecule has 0 radical (unpaired) electrons. The lowest BCUT2D eigenvalue weighted by atomic mass is 9.96. The van der Waals surface area contributed by atoms with E-state index < -0.39 is 0 Å². The third-order valence-electron chi connectivity index (χ3n) is 9.78. The van der Waals surface area contributed by atoms with Crippen molar-refractivity contribution in [1.82, 2.24) is 24.9 Å². The van der Waals surface area contributed by atoms with Gasteiger partial charge in [0.1, 0.15) is 0 Å². The summed E-state index contributed by atoms with van der Waals surface area (Å²) >= 11 is 1.82. The number of rotatable bonds is 7. The Morgan fingerprint density at radius 1 is 0.309 bits per heavy atom. The Kier molecular flexibility index (Phi) is 8.28. The van der Waals surface area contributed by atoms with E-state index in [9.17, 15) is 0 Å². The first-order valence-corrected chi connectivity index (χ1v) is 19.0. The molecule has 7 aromatic carbocycles. The first-order valence-electron chi connectivity index (χ1n) is 18.2. The minimum atomic E-state index is 0.633. The molecule has 10 aromatic rings. The Labute approximate surface area is 322 Å². The lowest BCUT2D eigenvalue weighted by Crippen LogP contribution is -2.00. The molecule has 0 aliphatic rings. The van der Waals surface area contributed by atoms with Gasteiger partial charge in [0.15, 0.2) is 23.3 Å². The second-order valence-electron chi connectivity index (χ2n) is 13.3. The van der Waals surface area contributed by atoms with Gasteiger partial charge in [-0.1, -0.05) is 176 Å². The second-order valence-corrected chi connectivity index (χ2v) is 14.3. The fraction of sp³-hybridized carbons (Fsp3) is 0. The van der Waals surface area contributed by atoms with E-state index in [1.165, 1.54) is 20.2 Å². The second kappa shape index (κ2) is 14.0. The summed E-state index contributed by atoms with van der Waals surface area (Å²) in [6.45, 7) is 0. The topological polar surface area (TPSA) is 64.5 Å². The van der Waals surface area contributed by atoms with Gasteiger partial charge in [0.05, 0.1) is 11.4 Å². The van der Waals surface area contributed by atoms with Crippen LogP contribution in [0.15, 0.2) is 188 Å². The van der Waals surface area contributed by atoms with E-state index in [2.05, 4.69) is 103 Å². The molecular weight excluding hydrogens is 691 g/mol. The van der Waals surface area contributed by atoms with Crippen molar-refractivity contribution in [2.24, 2.45) is 0 Å². The van der Waals surface area contributed by atoms with Gasteiger partial charge in [-0.05, 0) is 23.3 Å². The van der Waals surface area contributed by atoms with Crippen LogP contribution in [0.1, 0.15) is 0 Å². The Morgan fingerprint density at radius 2 is 0.727 bits per heavy atom. The molecule has 0 saturated heterocycles. The van der Waals surface area contributed by atoms with E-state index in [-0.39, 0.29) is 0 Å². The summed E-state index contributed by atoms with van der Waals surface area (Å²) in [5.74, 6) is 2.63. The van der Waals surface area contributed by atoms with Gasteiger partial charge < -0.3 is 0 Å². The number of fused-ring (bicyclic) bond motifs is 3. The minimum Gasteiger partial charge on any atom is -0.228 e. The number of aromatic nitrogens is 5. The van der Waals surface area contributed by atoms with Gasteiger partial charge in [0, 0.05) is 53.6 Å². The standard InChI is InChI=1S/C49H31N5S/c1-5-15-33(16-6-1)41-31-42(51-46(50-41)34-17-7-2-8-18-34)39-30-29-38(45-44(39)40-23-13-14-24-43(40)55-45)32-25-27-37(28-26-32)49-53-47(35-19-9-3-10-20-35)52-48(54-49)36-21-11-4-12-22-36/h1-31H. The molecule has 10 rings (SSSR count). The van der Waals surface area contributed by atoms with Crippen molar-refractivity contribution in [2.75, 3.05) is 0 Å². The van der Waals surface area contributed by atoms with Gasteiger partial charge in [-0.15, -0.1) is 11.3 Å². The molecule has 0 unspecified atom stereocenters. The van der Waals surface area contributed by atoms with E-state index in [0.717, 1.165) is 55.9 Å². The lowest BCUT2D eigenvalue weighted by Gasteiger charge is -2.13. The number of hydrogen-bond acceptors (Lipinski definition) is 6. The van der Waals surface area contributed by atoms with Crippen LogP contribution >= 0.6 is 11.3 Å². The first-order chi connectivity index (χ1) is 27.2. The molecule has 6 heteroatoms. The fourth-order valence-corrected chi connectivity index (χ4v) is 8.33. The molecule has 258 valence electrons. The highest BCUT2D eigenvalue weighted by Crippen LogP contribution is 2.45. The van der Waals surface area contributed by atoms with Crippen LogP contribution in [-0.4, -0.2) is 24.9 Å². The van der Waals surface area contributed by atoms with Crippen LogP contribution in [0, 0.1) is 0 Å². The Balaban J connectivity index is 1.11. The zero-order valence-electron chi connectivity index (χ0n) is 29.5. The first kappa shape index (κ1) is 32.5. The number of benzene rings is 7. The highest BCUT2D eigenvalue weighted by molar-refractivity contribution is 7.26. The highest BCUT2D eigenvalue weighted by atomic mass is 32.1. The largest absolute Gasteiger partial charge is 0.228 e. The maximum Gasteiger partial charge on any atom is 0.164 e. The number of thiophene rings is 1. The van der Waals surface area contributed by atoms with Gasteiger partial charge in [-0.3, -0.25) is 0 Å². The summed E-state index contributed by atoms with van der Waals surface area (Å²) in [5.41, 5.74) is 9.99. The zero-order valence-corrected chi connectivity index (χ0v) is 30.4. The van der Waals surface area contributed by atoms with Gasteiger partial charge in [0.2, 0.25) is 0 Å². The van der Waals surface area contributed by atoms with Crippen LogP contribution in [0.5, 0.6) is 0 Å². The number of hydrogen-bond donors (Lipinski definition) is 0. The van der Waals surface area contributed by atoms with Crippen LogP contribution in [0.4, 0.5) is 0 Å². The zero-order chi connectivity index (χ0) is 36.6. The van der Waals surface area contributed by atoms with Gasteiger partial charge >= 0.3 is 0 Å². The maximum atomic E-state index is 5.22. The molecule has 3 aromatic heterocycles. The summed E-state index contributed by atoms with van der Waals surface area (Å²) in [5, 5.41) is 2.40. The van der Waals surface area contributed by atoms with Crippen molar-refractivity contribution >= 4 is 31.5 Å². The van der Waals surface area contributed by atoms with E-state index in [1.54, 1.807) is 0 Å². The van der Waals surface area contributed by atoms with Gasteiger partial charge in [-0.2, -0.15) is 0 Å². The predicted molar refractivity (Wildman–Crippen MR) is 226 cm³/mol. The molecule has 3 heterocycles. The quantitative estimate of drug-likeness (QED) is 0.164. The third kappa shape index (κ3) is 6.24. The van der Waals surface area contributed by atoms with E-state index >= 15 is 0 Å². The van der Waals surface area contributed by atoms with Gasteiger partial charge in [-0.25, -0.2) is 24.9 Å². The van der Waals surface area contributed by atoms with Crippen LogP contribution < -0.4 is 0 Å². The average Bonchev–Trinajstić information content (AvgIpc) is 3.67. The minimum absolute atomic E-state index is 0.633. The molecule has 0 aliphatic carbocycles. The summed E-state index contributed by atoms with van der Waals surface area (Å²) in [7, 11) is 0. The van der Waals surface area contributed by atoms with Crippen molar-refractivity contribution in [1.29, 1.82) is 0 Å². The van der Waals surface area contributed by atoms with Crippen LogP contribution in [0.3, 0.4) is 0 Å². The molecule has 0 N–H and O–H groups in total. The predicted octanol–water partition coefficient (Wildman–Crippen LogP) is 12.7. The van der Waals surface area contributed by atoms with Gasteiger partial charge in [0.25, 0.3) is 0 Å². The van der Waals surface area contributed by atoms with E-state index in [1.807, 2.05) is 96.3 Å². The van der Waals surface area contributed by atoms with Crippen molar-refractivity contribution in [3.05, 3.63) is 188 Å². The summed E-state index contributed by atoms with van der Waals surface area (Å²) in [6, 6.07) is 64.5. The van der Waals surface area contributed by atoms with E-state index in [0.29, 0.717) is 23.3 Å². The SMILES string of the molecule is c1ccc(-c2cc(-c3ccc(-c4ccc(-c5nc(-c6ccccc6)nc(-c6ccccc6)n5)cc4)c4sc5ccccc5c34)nc(-c3ccccc3)n2)cc1. The Hall–Kier alpha value is -7.15. The van der Waals surface area contributed by atoms with Crippen molar-refractivity contribution in [3.8, 4) is 79.2 Å². The molecule has 0 spiro atoms. The molecule has 5 nitrogen and oxygen atoms in total. The molecule has 0 aliphatic heterocycles. The van der Waals surface area contributed by atoms with Crippen molar-refractivity contribution in [2.45, 2.75) is 0 Å². The molecular formula is C49H31N5S. The van der Waals surface area contributed by atoms with Crippen molar-refractivity contribution in [3.63, 3.8) is 0 Å². The van der Waals surface area contributed by atoms with Crippen LogP contribution in [0.25, 0.3) is 99.4 Å². The highest BCUT2D eigenvalue weighted by Gasteiger charge is 2.19. The Morgan fingerprint density at radius 3 is 1.29 bits per heavy atom. The maximum absolute atomic E-state index is 5.22. The smallest absolute Gasteiger partial charge is 0.164 e. The fourth-order valence-electron chi connectivity index (χ4n) is 7.06. The third-order valence-corrected chi connectivity index (χ3v) is 11.0. The van der Waals surface area contributed by atoms with Crippen LogP contribution in [0.2, 0.25) is 0 Å². The lowest BCUT2D eigenvalue weighted by molar-refractivity contribution is 1.07.